The van der Waals surface area contributed by atoms with Crippen LogP contribution in [0, 0.1) is 6.92 Å². The number of hydrogen-bond acceptors (Lipinski definition) is 5. The van der Waals surface area contributed by atoms with Crippen molar-refractivity contribution in [1.29, 1.82) is 0 Å². The van der Waals surface area contributed by atoms with Crippen molar-refractivity contribution in [2.24, 2.45) is 0 Å². The van der Waals surface area contributed by atoms with Crippen LogP contribution in [0.5, 0.6) is 0 Å². The third-order valence-electron chi connectivity index (χ3n) is 4.32. The summed E-state index contributed by atoms with van der Waals surface area (Å²) in [5.74, 6) is -1.38. The van der Waals surface area contributed by atoms with E-state index in [1.807, 2.05) is 51.0 Å². The fraction of sp³-hybridized carbons (Fsp3) is 0.421. The molecule has 0 saturated carbocycles. The van der Waals surface area contributed by atoms with Crippen LogP contribution in [-0.4, -0.2) is 47.0 Å². The average molecular weight is 359 g/mol. The van der Waals surface area contributed by atoms with Crippen LogP contribution in [0.2, 0.25) is 0 Å². The lowest BCUT2D eigenvalue weighted by molar-refractivity contribution is -0.142. The van der Waals surface area contributed by atoms with E-state index >= 15 is 0 Å². The first-order chi connectivity index (χ1) is 12.4. The minimum absolute atomic E-state index is 0.0912. The van der Waals surface area contributed by atoms with E-state index < -0.39 is 17.9 Å². The first-order valence-corrected chi connectivity index (χ1v) is 8.61. The summed E-state index contributed by atoms with van der Waals surface area (Å²) in [5.41, 5.74) is 3.36. The smallest absolute Gasteiger partial charge is 0.326 e. The topological polar surface area (TPSA) is 86.9 Å². The zero-order valence-electron chi connectivity index (χ0n) is 15.8. The molecule has 0 bridgehead atoms. The maximum absolute atomic E-state index is 12.7. The van der Waals surface area contributed by atoms with Gasteiger partial charge in [0.25, 0.3) is 5.91 Å². The number of carbonyl (C=O) groups excluding carboxylic acids is 1. The van der Waals surface area contributed by atoms with Gasteiger partial charge in [0.2, 0.25) is 5.76 Å². The molecule has 0 fully saturated rings. The zero-order valence-corrected chi connectivity index (χ0v) is 15.8. The summed E-state index contributed by atoms with van der Waals surface area (Å²) in [6, 6.07) is 4.96. The van der Waals surface area contributed by atoms with E-state index in [2.05, 4.69) is 4.98 Å². The van der Waals surface area contributed by atoms with E-state index in [1.54, 1.807) is 6.92 Å². The molecule has 0 saturated heterocycles. The molecule has 0 aliphatic carbocycles. The Bertz CT molecular complexity index is 798. The van der Waals surface area contributed by atoms with Gasteiger partial charge in [-0.05, 0) is 30.2 Å². The fourth-order valence-electron chi connectivity index (χ4n) is 2.92. The van der Waals surface area contributed by atoms with Gasteiger partial charge in [-0.15, -0.1) is 0 Å². The van der Waals surface area contributed by atoms with E-state index in [9.17, 15) is 14.7 Å². The summed E-state index contributed by atoms with van der Waals surface area (Å²) in [7, 11) is 3.87. The largest absolute Gasteiger partial charge is 0.480 e. The predicted molar refractivity (Wildman–Crippen MR) is 98.4 cm³/mol. The molecule has 1 aromatic heterocycles. The molecule has 7 heteroatoms. The van der Waals surface area contributed by atoms with Gasteiger partial charge in [-0.2, -0.15) is 0 Å². The van der Waals surface area contributed by atoms with Crippen LogP contribution >= 0.6 is 0 Å². The Hall–Kier alpha value is -2.83. The second-order valence-electron chi connectivity index (χ2n) is 6.11. The van der Waals surface area contributed by atoms with Gasteiger partial charge >= 0.3 is 5.97 Å². The monoisotopic (exact) mass is 359 g/mol. The number of aryl methyl sites for hydroxylation is 1. The number of carbonyl (C=O) groups is 2. The Labute approximate surface area is 153 Å². The molecule has 0 spiro atoms. The van der Waals surface area contributed by atoms with Crippen molar-refractivity contribution in [2.75, 3.05) is 19.0 Å². The van der Waals surface area contributed by atoms with E-state index in [0.717, 1.165) is 16.8 Å². The Kier molecular flexibility index (Phi) is 6.02. The number of carboxylic acids is 1. The molecule has 140 valence electrons. The van der Waals surface area contributed by atoms with Gasteiger partial charge in [0.15, 0.2) is 6.39 Å². The van der Waals surface area contributed by atoms with Crippen LogP contribution in [0.15, 0.2) is 29.0 Å². The summed E-state index contributed by atoms with van der Waals surface area (Å²) in [6.45, 7) is 5.89. The van der Waals surface area contributed by atoms with Gasteiger partial charge in [-0.3, -0.25) is 4.79 Å². The lowest BCUT2D eigenvalue weighted by Crippen LogP contribution is -2.48. The summed E-state index contributed by atoms with van der Waals surface area (Å²) < 4.78 is 5.15. The number of carboxylic acid groups (broad SMARTS) is 1. The molecule has 7 nitrogen and oxygen atoms in total. The molecule has 1 unspecified atom stereocenters. The van der Waals surface area contributed by atoms with Gasteiger partial charge in [0, 0.05) is 32.7 Å². The Morgan fingerprint density at radius 3 is 2.50 bits per heavy atom. The van der Waals surface area contributed by atoms with Crippen molar-refractivity contribution in [3.8, 4) is 0 Å². The Morgan fingerprint density at radius 2 is 1.96 bits per heavy atom. The highest BCUT2D eigenvalue weighted by atomic mass is 16.4. The second-order valence-corrected chi connectivity index (χ2v) is 6.11. The van der Waals surface area contributed by atoms with Crippen molar-refractivity contribution in [3.63, 3.8) is 0 Å². The van der Waals surface area contributed by atoms with E-state index in [0.29, 0.717) is 5.69 Å². The fourth-order valence-corrected chi connectivity index (χ4v) is 2.92. The highest BCUT2D eigenvalue weighted by Crippen LogP contribution is 2.28. The maximum Gasteiger partial charge on any atom is 0.326 e. The molecule has 1 amide bonds. The van der Waals surface area contributed by atoms with Crippen molar-refractivity contribution in [1.82, 2.24) is 9.88 Å². The van der Waals surface area contributed by atoms with Gasteiger partial charge in [-0.25, -0.2) is 9.78 Å². The quantitative estimate of drug-likeness (QED) is 0.907. The van der Waals surface area contributed by atoms with Crippen LogP contribution in [0.1, 0.15) is 41.2 Å². The number of aromatic nitrogens is 1. The first-order valence-electron chi connectivity index (χ1n) is 8.61. The molecule has 1 atom stereocenters. The SMILES string of the molecule is CC.Cc1ncoc1C(=O)N1Cc2cc(N(C)C)ccc2CC1C(=O)O. The molecule has 26 heavy (non-hydrogen) atoms. The van der Waals surface area contributed by atoms with E-state index in [1.165, 1.54) is 11.3 Å². The third kappa shape index (κ3) is 3.71. The molecule has 1 N–H and O–H groups in total. The lowest BCUT2D eigenvalue weighted by Gasteiger charge is -2.34. The Morgan fingerprint density at radius 1 is 1.27 bits per heavy atom. The minimum atomic E-state index is -1.03. The number of anilines is 1. The number of benzene rings is 1. The second kappa shape index (κ2) is 8.03. The number of aliphatic carboxylic acids is 1. The molecule has 2 aromatic rings. The van der Waals surface area contributed by atoms with Crippen molar-refractivity contribution < 1.29 is 19.1 Å². The summed E-state index contributed by atoms with van der Waals surface area (Å²) >= 11 is 0. The lowest BCUT2D eigenvalue weighted by atomic mass is 9.93. The summed E-state index contributed by atoms with van der Waals surface area (Å²) in [5, 5.41) is 9.54. The van der Waals surface area contributed by atoms with Crippen molar-refractivity contribution >= 4 is 17.6 Å². The molecule has 2 heterocycles. The molecular weight excluding hydrogens is 334 g/mol. The third-order valence-corrected chi connectivity index (χ3v) is 4.32. The molecule has 1 aliphatic rings. The number of hydrogen-bond donors (Lipinski definition) is 1. The molecular formula is C19H25N3O4. The van der Waals surface area contributed by atoms with Gasteiger partial charge in [-0.1, -0.05) is 19.9 Å². The van der Waals surface area contributed by atoms with Gasteiger partial charge in [0.05, 0.1) is 5.69 Å². The van der Waals surface area contributed by atoms with Crippen LogP contribution in [0.25, 0.3) is 0 Å². The number of oxazole rings is 1. The molecule has 3 rings (SSSR count). The maximum atomic E-state index is 12.7. The highest BCUT2D eigenvalue weighted by molar-refractivity contribution is 5.95. The summed E-state index contributed by atoms with van der Waals surface area (Å²) in [4.78, 5) is 31.6. The van der Waals surface area contributed by atoms with Crippen LogP contribution in [-0.2, 0) is 17.8 Å². The van der Waals surface area contributed by atoms with Crippen LogP contribution < -0.4 is 4.90 Å². The van der Waals surface area contributed by atoms with Gasteiger partial charge < -0.3 is 19.3 Å². The number of nitrogens with zero attached hydrogens (tertiary/aromatic N) is 3. The molecule has 1 aromatic carbocycles. The predicted octanol–water partition coefficient (Wildman–Crippen LogP) is 2.73. The van der Waals surface area contributed by atoms with Crippen LogP contribution in [0.4, 0.5) is 5.69 Å². The van der Waals surface area contributed by atoms with Crippen molar-refractivity contribution in [3.05, 3.63) is 47.2 Å². The first kappa shape index (κ1) is 19.5. The van der Waals surface area contributed by atoms with Gasteiger partial charge in [0.1, 0.15) is 6.04 Å². The standard InChI is InChI=1S/C17H19N3O4.C2H6/c1-10-15(24-9-18-10)16(21)20-8-12-6-13(19(2)3)5-4-11(12)7-14(20)17(22)23;1-2/h4-6,9,14H,7-8H2,1-3H3,(H,22,23);1-2H3. The van der Waals surface area contributed by atoms with E-state index in [4.69, 9.17) is 4.42 Å². The van der Waals surface area contributed by atoms with Crippen LogP contribution in [0.3, 0.4) is 0 Å². The normalized spacial score (nSPS) is 15.6. The summed E-state index contributed by atoms with van der Waals surface area (Å²) in [6.07, 6.45) is 1.47. The van der Waals surface area contributed by atoms with E-state index in [-0.39, 0.29) is 18.7 Å². The number of amides is 1. The average Bonchev–Trinajstić information content (AvgIpc) is 3.07. The number of rotatable bonds is 3. The number of fused-ring (bicyclic) bond motifs is 1. The zero-order chi connectivity index (χ0) is 19.4. The molecule has 1 aliphatic heterocycles. The highest BCUT2D eigenvalue weighted by Gasteiger charge is 2.36. The Balaban J connectivity index is 0.00000117. The van der Waals surface area contributed by atoms with Crippen molar-refractivity contribution in [2.45, 2.75) is 39.8 Å². The molecule has 0 radical (unpaired) electrons. The minimum Gasteiger partial charge on any atom is -0.480 e.